The van der Waals surface area contributed by atoms with E-state index >= 15 is 0 Å². The van der Waals surface area contributed by atoms with Crippen LogP contribution < -0.4 is 20.5 Å². The summed E-state index contributed by atoms with van der Waals surface area (Å²) in [5.41, 5.74) is 7.89. The molecular formula is C19H20BrN5O3. The van der Waals surface area contributed by atoms with Crippen molar-refractivity contribution in [2.24, 2.45) is 0 Å². The van der Waals surface area contributed by atoms with Gasteiger partial charge in [-0.2, -0.15) is 0 Å². The van der Waals surface area contributed by atoms with Crippen molar-refractivity contribution in [1.82, 2.24) is 20.3 Å². The molecule has 1 heterocycles. The molecule has 0 bridgehead atoms. The van der Waals surface area contributed by atoms with Gasteiger partial charge in [0.2, 0.25) is 0 Å². The molecule has 0 aliphatic carbocycles. The maximum atomic E-state index is 12.5. The number of amides is 1. The normalized spacial score (nSPS) is 10.5. The Labute approximate surface area is 170 Å². The molecule has 0 aliphatic heterocycles. The van der Waals surface area contributed by atoms with E-state index in [1.165, 1.54) is 4.68 Å². The van der Waals surface area contributed by atoms with Gasteiger partial charge in [0.05, 0.1) is 20.8 Å². The molecule has 0 spiro atoms. The molecule has 0 aliphatic rings. The average molecular weight is 446 g/mol. The van der Waals surface area contributed by atoms with Gasteiger partial charge in [-0.1, -0.05) is 39.3 Å². The molecule has 0 unspecified atom stereocenters. The first-order chi connectivity index (χ1) is 13.5. The van der Waals surface area contributed by atoms with Crippen LogP contribution in [-0.4, -0.2) is 35.1 Å². The number of carbonyl (C=O) groups is 1. The molecule has 28 heavy (non-hydrogen) atoms. The summed E-state index contributed by atoms with van der Waals surface area (Å²) < 4.78 is 13.0. The fraction of sp³-hybridized carbons (Fsp3) is 0.211. The fourth-order valence-electron chi connectivity index (χ4n) is 2.74. The van der Waals surface area contributed by atoms with Crippen LogP contribution >= 0.6 is 15.9 Å². The predicted octanol–water partition coefficient (Wildman–Crippen LogP) is 2.62. The van der Waals surface area contributed by atoms with Crippen LogP contribution in [0, 0.1) is 0 Å². The van der Waals surface area contributed by atoms with Crippen molar-refractivity contribution >= 4 is 27.7 Å². The average Bonchev–Trinajstić information content (AvgIpc) is 3.07. The number of nitrogens with two attached hydrogens (primary N) is 1. The first-order valence-corrected chi connectivity index (χ1v) is 9.24. The predicted molar refractivity (Wildman–Crippen MR) is 108 cm³/mol. The van der Waals surface area contributed by atoms with Gasteiger partial charge in [0, 0.05) is 22.1 Å². The number of nitrogens with one attached hydrogen (secondary N) is 1. The quantitative estimate of drug-likeness (QED) is 0.578. The number of ether oxygens (including phenoxy) is 2. The van der Waals surface area contributed by atoms with Crippen LogP contribution in [-0.2, 0) is 13.1 Å². The number of rotatable bonds is 7. The molecule has 8 nitrogen and oxygen atoms in total. The Hall–Kier alpha value is -3.07. The van der Waals surface area contributed by atoms with Crippen molar-refractivity contribution in [1.29, 1.82) is 0 Å². The van der Waals surface area contributed by atoms with Gasteiger partial charge in [-0.25, -0.2) is 4.68 Å². The summed E-state index contributed by atoms with van der Waals surface area (Å²) in [6, 6.07) is 13.1. The molecular weight excluding hydrogens is 426 g/mol. The highest BCUT2D eigenvalue weighted by Gasteiger charge is 2.18. The van der Waals surface area contributed by atoms with E-state index in [4.69, 9.17) is 15.2 Å². The monoisotopic (exact) mass is 445 g/mol. The Morgan fingerprint density at radius 3 is 2.61 bits per heavy atom. The molecule has 2 aromatic carbocycles. The lowest BCUT2D eigenvalue weighted by Crippen LogP contribution is -2.24. The molecule has 0 radical (unpaired) electrons. The van der Waals surface area contributed by atoms with Gasteiger partial charge in [-0.05, 0) is 24.3 Å². The molecule has 3 aromatic rings. The molecule has 1 amide bonds. The summed E-state index contributed by atoms with van der Waals surface area (Å²) in [6.07, 6.45) is 0. The van der Waals surface area contributed by atoms with Gasteiger partial charge < -0.3 is 20.5 Å². The van der Waals surface area contributed by atoms with E-state index in [1.54, 1.807) is 14.2 Å². The lowest BCUT2D eigenvalue weighted by molar-refractivity contribution is 0.0946. The van der Waals surface area contributed by atoms with E-state index in [0.717, 1.165) is 15.6 Å². The minimum Gasteiger partial charge on any atom is -0.496 e. The highest BCUT2D eigenvalue weighted by Crippen LogP contribution is 2.24. The van der Waals surface area contributed by atoms with Crippen molar-refractivity contribution in [3.05, 3.63) is 63.8 Å². The van der Waals surface area contributed by atoms with Crippen LogP contribution in [0.5, 0.6) is 11.5 Å². The molecule has 146 valence electrons. The Bertz CT molecular complexity index is 989. The summed E-state index contributed by atoms with van der Waals surface area (Å²) in [4.78, 5) is 12.5. The van der Waals surface area contributed by atoms with Crippen LogP contribution in [0.2, 0.25) is 0 Å². The van der Waals surface area contributed by atoms with Crippen molar-refractivity contribution < 1.29 is 14.3 Å². The minimum absolute atomic E-state index is 0.0730. The lowest BCUT2D eigenvalue weighted by Gasteiger charge is -2.10. The third kappa shape index (κ3) is 4.25. The largest absolute Gasteiger partial charge is 0.496 e. The maximum absolute atomic E-state index is 12.5. The van der Waals surface area contributed by atoms with E-state index in [2.05, 4.69) is 31.6 Å². The zero-order chi connectivity index (χ0) is 20.1. The second kappa shape index (κ2) is 8.75. The number of hydrogen-bond donors (Lipinski definition) is 2. The van der Waals surface area contributed by atoms with Crippen molar-refractivity contribution in [2.45, 2.75) is 13.1 Å². The topological polar surface area (TPSA) is 104 Å². The molecule has 0 saturated carbocycles. The summed E-state index contributed by atoms with van der Waals surface area (Å²) in [5.74, 6) is 1.16. The number of benzene rings is 2. The second-order valence-electron chi connectivity index (χ2n) is 5.93. The third-order valence-corrected chi connectivity index (χ3v) is 4.68. The summed E-state index contributed by atoms with van der Waals surface area (Å²) in [5, 5.41) is 10.7. The maximum Gasteiger partial charge on any atom is 0.275 e. The van der Waals surface area contributed by atoms with Crippen LogP contribution in [0.3, 0.4) is 0 Å². The van der Waals surface area contributed by atoms with E-state index in [0.29, 0.717) is 18.0 Å². The number of carbonyl (C=O) groups excluding carboxylic acids is 1. The van der Waals surface area contributed by atoms with Crippen LogP contribution in [0.15, 0.2) is 46.9 Å². The number of anilines is 1. The SMILES string of the molecule is COc1ccccc1CNC(=O)c1nnn(Cc2cc(Br)ccc2OC)c1N. The summed E-state index contributed by atoms with van der Waals surface area (Å²) >= 11 is 3.43. The van der Waals surface area contributed by atoms with Gasteiger partial charge >= 0.3 is 0 Å². The molecule has 3 rings (SSSR count). The standard InChI is InChI=1S/C19H20BrN5O3/c1-27-15-6-4-3-5-12(15)10-22-19(26)17-18(21)25(24-23-17)11-13-9-14(20)7-8-16(13)28-2/h3-9H,10-11,21H2,1-2H3,(H,22,26). The number of methoxy groups -OCH3 is 2. The number of nitrogen functional groups attached to an aromatic ring is 1. The minimum atomic E-state index is -0.407. The van der Waals surface area contributed by atoms with Crippen LogP contribution in [0.25, 0.3) is 0 Å². The highest BCUT2D eigenvalue weighted by atomic mass is 79.9. The van der Waals surface area contributed by atoms with Gasteiger partial charge in [-0.3, -0.25) is 4.79 Å². The molecule has 3 N–H and O–H groups in total. The second-order valence-corrected chi connectivity index (χ2v) is 6.85. The van der Waals surface area contributed by atoms with Gasteiger partial charge in [0.15, 0.2) is 11.5 Å². The van der Waals surface area contributed by atoms with Crippen LogP contribution in [0.1, 0.15) is 21.6 Å². The van der Waals surface area contributed by atoms with Crippen LogP contribution in [0.4, 0.5) is 5.82 Å². The summed E-state index contributed by atoms with van der Waals surface area (Å²) in [6.45, 7) is 0.607. The van der Waals surface area contributed by atoms with Crippen molar-refractivity contribution in [3.63, 3.8) is 0 Å². The van der Waals surface area contributed by atoms with Crippen molar-refractivity contribution in [2.75, 3.05) is 20.0 Å². The Kier molecular flexibility index (Phi) is 6.15. The highest BCUT2D eigenvalue weighted by molar-refractivity contribution is 9.10. The van der Waals surface area contributed by atoms with E-state index in [-0.39, 0.29) is 18.1 Å². The smallest absolute Gasteiger partial charge is 0.275 e. The number of halogens is 1. The first kappa shape index (κ1) is 19.7. The lowest BCUT2D eigenvalue weighted by atomic mass is 10.2. The number of aromatic nitrogens is 3. The molecule has 0 fully saturated rings. The molecule has 0 saturated heterocycles. The van der Waals surface area contributed by atoms with E-state index < -0.39 is 5.91 Å². The van der Waals surface area contributed by atoms with Gasteiger partial charge in [0.25, 0.3) is 5.91 Å². The molecule has 0 atom stereocenters. The first-order valence-electron chi connectivity index (χ1n) is 8.45. The zero-order valence-electron chi connectivity index (χ0n) is 15.5. The van der Waals surface area contributed by atoms with Gasteiger partial charge in [-0.15, -0.1) is 5.10 Å². The number of nitrogens with zero attached hydrogens (tertiary/aromatic N) is 3. The van der Waals surface area contributed by atoms with Gasteiger partial charge in [0.1, 0.15) is 11.5 Å². The number of para-hydroxylation sites is 1. The van der Waals surface area contributed by atoms with Crippen molar-refractivity contribution in [3.8, 4) is 11.5 Å². The Morgan fingerprint density at radius 2 is 1.86 bits per heavy atom. The number of hydrogen-bond acceptors (Lipinski definition) is 6. The fourth-order valence-corrected chi connectivity index (χ4v) is 3.15. The third-order valence-electron chi connectivity index (χ3n) is 4.18. The Balaban J connectivity index is 1.74. The summed E-state index contributed by atoms with van der Waals surface area (Å²) in [7, 11) is 3.18. The molecule has 9 heteroatoms. The Morgan fingerprint density at radius 1 is 1.14 bits per heavy atom. The van der Waals surface area contributed by atoms with E-state index in [9.17, 15) is 4.79 Å². The zero-order valence-corrected chi connectivity index (χ0v) is 17.1. The van der Waals surface area contributed by atoms with E-state index in [1.807, 2.05) is 42.5 Å². The molecule has 1 aromatic heterocycles.